The van der Waals surface area contributed by atoms with Crippen LogP contribution in [0.15, 0.2) is 54.6 Å². The Kier molecular flexibility index (Phi) is 7.48. The van der Waals surface area contributed by atoms with Crippen LogP contribution < -0.4 is 4.74 Å². The fourth-order valence-corrected chi connectivity index (χ4v) is 2.59. The molecule has 4 heteroatoms. The minimum Gasteiger partial charge on any atom is -0.486 e. The average molecular weight is 341 g/mol. The van der Waals surface area contributed by atoms with Crippen molar-refractivity contribution in [3.05, 3.63) is 65.7 Å². The van der Waals surface area contributed by atoms with Gasteiger partial charge in [-0.3, -0.25) is 9.69 Å². The van der Waals surface area contributed by atoms with Gasteiger partial charge in [-0.2, -0.15) is 0 Å². The number of likely N-dealkylation sites (N-methyl/N-ethyl adjacent to an activating group) is 1. The molecular weight excluding hydrogens is 314 g/mol. The second-order valence-electron chi connectivity index (χ2n) is 6.16. The van der Waals surface area contributed by atoms with Crippen molar-refractivity contribution >= 4 is 5.97 Å². The molecule has 0 saturated carbocycles. The van der Waals surface area contributed by atoms with Crippen LogP contribution in [0.2, 0.25) is 0 Å². The molecule has 0 radical (unpaired) electrons. The van der Waals surface area contributed by atoms with Gasteiger partial charge in [0, 0.05) is 13.0 Å². The van der Waals surface area contributed by atoms with E-state index in [4.69, 9.17) is 9.47 Å². The summed E-state index contributed by atoms with van der Waals surface area (Å²) in [7, 11) is 1.92. The minimum atomic E-state index is -0.194. The Morgan fingerprint density at radius 3 is 2.40 bits per heavy atom. The smallest absolute Gasteiger partial charge is 0.320 e. The van der Waals surface area contributed by atoms with Gasteiger partial charge < -0.3 is 9.47 Å². The predicted molar refractivity (Wildman–Crippen MR) is 99.7 cm³/mol. The highest BCUT2D eigenvalue weighted by atomic mass is 16.5. The Morgan fingerprint density at radius 1 is 1.08 bits per heavy atom. The SMILES string of the molecule is CCOC(=O)CN(C)CCC(Oc1ccc(C)cc1)c1ccccc1. The predicted octanol–water partition coefficient (Wildman–Crippen LogP) is 4.00. The summed E-state index contributed by atoms with van der Waals surface area (Å²) >= 11 is 0. The molecule has 0 heterocycles. The standard InChI is InChI=1S/C21H27NO3/c1-4-24-21(23)16-22(3)15-14-20(18-8-6-5-7-9-18)25-19-12-10-17(2)11-13-19/h5-13,20H,4,14-16H2,1-3H3. The van der Waals surface area contributed by atoms with Crippen molar-refractivity contribution in [2.75, 3.05) is 26.7 Å². The van der Waals surface area contributed by atoms with E-state index in [2.05, 4.69) is 19.1 Å². The summed E-state index contributed by atoms with van der Waals surface area (Å²) in [5, 5.41) is 0. The number of rotatable bonds is 9. The van der Waals surface area contributed by atoms with Gasteiger partial charge in [-0.1, -0.05) is 48.0 Å². The van der Waals surface area contributed by atoms with Crippen molar-refractivity contribution in [1.82, 2.24) is 4.90 Å². The quantitative estimate of drug-likeness (QED) is 0.646. The molecule has 0 aliphatic heterocycles. The lowest BCUT2D eigenvalue weighted by atomic mass is 10.1. The van der Waals surface area contributed by atoms with Crippen LogP contribution in [0, 0.1) is 6.92 Å². The zero-order chi connectivity index (χ0) is 18.1. The van der Waals surface area contributed by atoms with Gasteiger partial charge in [-0.05, 0) is 38.6 Å². The van der Waals surface area contributed by atoms with Gasteiger partial charge in [-0.15, -0.1) is 0 Å². The topological polar surface area (TPSA) is 38.8 Å². The van der Waals surface area contributed by atoms with E-state index in [1.807, 2.05) is 61.3 Å². The third-order valence-corrected chi connectivity index (χ3v) is 3.95. The molecule has 0 saturated heterocycles. The Balaban J connectivity index is 2.00. The number of hydrogen-bond donors (Lipinski definition) is 0. The highest BCUT2D eigenvalue weighted by Gasteiger charge is 2.16. The highest BCUT2D eigenvalue weighted by molar-refractivity contribution is 5.71. The molecule has 0 aliphatic rings. The van der Waals surface area contributed by atoms with Crippen LogP contribution in [0.1, 0.15) is 30.6 Å². The van der Waals surface area contributed by atoms with Crippen molar-refractivity contribution in [2.24, 2.45) is 0 Å². The molecule has 2 aromatic carbocycles. The maximum atomic E-state index is 11.6. The van der Waals surface area contributed by atoms with E-state index in [0.717, 1.165) is 24.3 Å². The van der Waals surface area contributed by atoms with Gasteiger partial charge in [0.25, 0.3) is 0 Å². The van der Waals surface area contributed by atoms with Gasteiger partial charge in [0.15, 0.2) is 0 Å². The molecule has 0 fully saturated rings. The monoisotopic (exact) mass is 341 g/mol. The van der Waals surface area contributed by atoms with E-state index >= 15 is 0 Å². The molecule has 0 aromatic heterocycles. The Hall–Kier alpha value is -2.33. The van der Waals surface area contributed by atoms with Gasteiger partial charge in [0.2, 0.25) is 0 Å². The van der Waals surface area contributed by atoms with Crippen LogP contribution >= 0.6 is 0 Å². The Bertz CT molecular complexity index is 640. The first kappa shape index (κ1) is 19.0. The fraction of sp³-hybridized carbons (Fsp3) is 0.381. The number of carbonyl (C=O) groups is 1. The number of ether oxygens (including phenoxy) is 2. The van der Waals surface area contributed by atoms with Gasteiger partial charge in [0.1, 0.15) is 11.9 Å². The van der Waals surface area contributed by atoms with Gasteiger partial charge in [0.05, 0.1) is 13.2 Å². The summed E-state index contributed by atoms with van der Waals surface area (Å²) in [6, 6.07) is 18.3. The number of nitrogens with zero attached hydrogens (tertiary/aromatic N) is 1. The normalized spacial score (nSPS) is 12.0. The molecule has 4 nitrogen and oxygen atoms in total. The first-order valence-electron chi connectivity index (χ1n) is 8.71. The van der Waals surface area contributed by atoms with Crippen molar-refractivity contribution in [3.8, 4) is 5.75 Å². The van der Waals surface area contributed by atoms with Crippen molar-refractivity contribution < 1.29 is 14.3 Å². The third-order valence-electron chi connectivity index (χ3n) is 3.95. The average Bonchev–Trinajstić information content (AvgIpc) is 2.61. The van der Waals surface area contributed by atoms with Gasteiger partial charge >= 0.3 is 5.97 Å². The summed E-state index contributed by atoms with van der Waals surface area (Å²) in [6.45, 7) is 5.32. The molecule has 1 unspecified atom stereocenters. The summed E-state index contributed by atoms with van der Waals surface area (Å²) in [6.07, 6.45) is 0.724. The van der Waals surface area contributed by atoms with E-state index in [1.54, 1.807) is 0 Å². The molecule has 2 rings (SSSR count). The summed E-state index contributed by atoms with van der Waals surface area (Å²) in [5.74, 6) is 0.660. The van der Waals surface area contributed by atoms with E-state index in [1.165, 1.54) is 5.56 Å². The lowest BCUT2D eigenvalue weighted by molar-refractivity contribution is -0.144. The summed E-state index contributed by atoms with van der Waals surface area (Å²) in [4.78, 5) is 13.6. The first-order valence-corrected chi connectivity index (χ1v) is 8.71. The number of benzene rings is 2. The van der Waals surface area contributed by atoms with Crippen LogP contribution in [0.3, 0.4) is 0 Å². The molecule has 0 amide bonds. The molecule has 2 aromatic rings. The van der Waals surface area contributed by atoms with Crippen molar-refractivity contribution in [1.29, 1.82) is 0 Å². The fourth-order valence-electron chi connectivity index (χ4n) is 2.59. The minimum absolute atomic E-state index is 0.0615. The first-order chi connectivity index (χ1) is 12.1. The second-order valence-corrected chi connectivity index (χ2v) is 6.16. The largest absolute Gasteiger partial charge is 0.486 e. The van der Waals surface area contributed by atoms with Crippen molar-refractivity contribution in [3.63, 3.8) is 0 Å². The zero-order valence-corrected chi connectivity index (χ0v) is 15.3. The van der Waals surface area contributed by atoms with E-state index in [9.17, 15) is 4.79 Å². The van der Waals surface area contributed by atoms with E-state index < -0.39 is 0 Å². The zero-order valence-electron chi connectivity index (χ0n) is 15.3. The number of carbonyl (C=O) groups excluding carboxylic acids is 1. The molecule has 0 aliphatic carbocycles. The molecule has 134 valence electrons. The molecule has 0 bridgehead atoms. The molecule has 0 spiro atoms. The Labute approximate surface area is 150 Å². The van der Waals surface area contributed by atoms with Crippen LogP contribution in [-0.2, 0) is 9.53 Å². The maximum Gasteiger partial charge on any atom is 0.320 e. The van der Waals surface area contributed by atoms with E-state index in [-0.39, 0.29) is 12.1 Å². The number of esters is 1. The maximum absolute atomic E-state index is 11.6. The molecule has 1 atom stereocenters. The van der Waals surface area contributed by atoms with Crippen molar-refractivity contribution in [2.45, 2.75) is 26.4 Å². The van der Waals surface area contributed by atoms with Crippen LogP contribution in [0.4, 0.5) is 0 Å². The third kappa shape index (κ3) is 6.59. The lowest BCUT2D eigenvalue weighted by Crippen LogP contribution is -2.29. The Morgan fingerprint density at radius 2 is 1.76 bits per heavy atom. The summed E-state index contributed by atoms with van der Waals surface area (Å²) < 4.78 is 11.2. The van der Waals surface area contributed by atoms with Crippen LogP contribution in [-0.4, -0.2) is 37.6 Å². The van der Waals surface area contributed by atoms with E-state index in [0.29, 0.717) is 13.2 Å². The highest BCUT2D eigenvalue weighted by Crippen LogP contribution is 2.25. The molecular formula is C21H27NO3. The number of hydrogen-bond acceptors (Lipinski definition) is 4. The van der Waals surface area contributed by atoms with Crippen LogP contribution in [0.25, 0.3) is 0 Å². The molecule has 0 N–H and O–H groups in total. The summed E-state index contributed by atoms with van der Waals surface area (Å²) in [5.41, 5.74) is 2.34. The molecule has 25 heavy (non-hydrogen) atoms. The number of aryl methyl sites for hydroxylation is 1. The van der Waals surface area contributed by atoms with Crippen LogP contribution in [0.5, 0.6) is 5.75 Å². The second kappa shape index (κ2) is 9.84. The van der Waals surface area contributed by atoms with Gasteiger partial charge in [-0.25, -0.2) is 0 Å². The lowest BCUT2D eigenvalue weighted by Gasteiger charge is -2.23.